The van der Waals surface area contributed by atoms with E-state index in [9.17, 15) is 0 Å². The summed E-state index contributed by atoms with van der Waals surface area (Å²) in [6, 6.07) is 1.41. The number of nitrogens with zero attached hydrogens (tertiary/aromatic N) is 2. The lowest BCUT2D eigenvalue weighted by Crippen LogP contribution is -2.46. The second-order valence-electron chi connectivity index (χ2n) is 6.01. The smallest absolute Gasteiger partial charge is 0.0660 e. The third kappa shape index (κ3) is 3.94. The first-order valence-electron chi connectivity index (χ1n) is 7.95. The average Bonchev–Trinajstić information content (AvgIpc) is 3.05. The summed E-state index contributed by atoms with van der Waals surface area (Å²) in [4.78, 5) is 5.49. The maximum atomic E-state index is 2.75. The highest BCUT2D eigenvalue weighted by Crippen LogP contribution is 2.23. The molecule has 2 saturated heterocycles. The third-order valence-corrected chi connectivity index (χ3v) is 5.97. The van der Waals surface area contributed by atoms with Crippen molar-refractivity contribution >= 4 is 9.52 Å². The Labute approximate surface area is 115 Å². The molecule has 0 radical (unpaired) electrons. The van der Waals surface area contributed by atoms with Crippen LogP contribution in [0.2, 0.25) is 6.04 Å². The Morgan fingerprint density at radius 2 is 1.56 bits per heavy atom. The van der Waals surface area contributed by atoms with Gasteiger partial charge in [-0.1, -0.05) is 18.5 Å². The van der Waals surface area contributed by atoms with E-state index >= 15 is 0 Å². The molecule has 2 fully saturated rings. The predicted molar refractivity (Wildman–Crippen MR) is 82.8 cm³/mol. The van der Waals surface area contributed by atoms with E-state index in [4.69, 9.17) is 0 Å². The van der Waals surface area contributed by atoms with E-state index in [1.54, 1.807) is 5.57 Å². The van der Waals surface area contributed by atoms with Crippen molar-refractivity contribution in [3.63, 3.8) is 0 Å². The molecule has 2 aliphatic rings. The number of rotatable bonds is 6. The molecule has 0 bridgehead atoms. The van der Waals surface area contributed by atoms with Crippen LogP contribution in [0.1, 0.15) is 46.0 Å². The lowest BCUT2D eigenvalue weighted by atomic mass is 10.1. The maximum absolute atomic E-state index is 2.75. The van der Waals surface area contributed by atoms with Crippen LogP contribution in [0.25, 0.3) is 0 Å². The van der Waals surface area contributed by atoms with Gasteiger partial charge >= 0.3 is 0 Å². The van der Waals surface area contributed by atoms with Gasteiger partial charge < -0.3 is 0 Å². The van der Waals surface area contributed by atoms with Gasteiger partial charge in [-0.05, 0) is 65.2 Å². The summed E-state index contributed by atoms with van der Waals surface area (Å²) in [5, 5.41) is 0. The van der Waals surface area contributed by atoms with E-state index < -0.39 is 0 Å². The lowest BCUT2D eigenvalue weighted by Gasteiger charge is -2.35. The minimum Gasteiger partial charge on any atom is -0.288 e. The van der Waals surface area contributed by atoms with Gasteiger partial charge in [-0.3, -0.25) is 9.80 Å². The van der Waals surface area contributed by atoms with Crippen LogP contribution in [0.4, 0.5) is 0 Å². The van der Waals surface area contributed by atoms with Crippen molar-refractivity contribution in [1.82, 2.24) is 9.80 Å². The van der Waals surface area contributed by atoms with Crippen molar-refractivity contribution in [1.29, 1.82) is 0 Å². The summed E-state index contributed by atoms with van der Waals surface area (Å²) in [6.45, 7) is 10.0. The van der Waals surface area contributed by atoms with Crippen LogP contribution in [0.5, 0.6) is 0 Å². The highest BCUT2D eigenvalue weighted by atomic mass is 28.2. The molecule has 0 aliphatic carbocycles. The Morgan fingerprint density at radius 3 is 2.00 bits per heavy atom. The second-order valence-corrected chi connectivity index (χ2v) is 8.00. The van der Waals surface area contributed by atoms with E-state index in [1.807, 2.05) is 0 Å². The summed E-state index contributed by atoms with van der Waals surface area (Å²) in [7, 11) is 0.0892. The molecule has 0 aromatic carbocycles. The first-order chi connectivity index (χ1) is 8.81. The molecule has 0 atom stereocenters. The quantitative estimate of drug-likeness (QED) is 0.681. The molecule has 2 heterocycles. The van der Waals surface area contributed by atoms with E-state index in [-0.39, 0.29) is 9.52 Å². The first-order valence-corrected chi connectivity index (χ1v) is 9.76. The van der Waals surface area contributed by atoms with Crippen LogP contribution in [-0.2, 0) is 0 Å². The zero-order valence-electron chi connectivity index (χ0n) is 12.3. The van der Waals surface area contributed by atoms with Crippen LogP contribution in [-0.4, -0.2) is 51.7 Å². The van der Waals surface area contributed by atoms with Gasteiger partial charge in [0.2, 0.25) is 0 Å². The summed E-state index contributed by atoms with van der Waals surface area (Å²) >= 11 is 0. The van der Waals surface area contributed by atoms with Gasteiger partial charge in [-0.15, -0.1) is 5.70 Å². The fourth-order valence-electron chi connectivity index (χ4n) is 3.33. The van der Waals surface area contributed by atoms with Crippen LogP contribution in [0, 0.1) is 0 Å². The Morgan fingerprint density at radius 1 is 1.06 bits per heavy atom. The molecule has 0 amide bonds. The SMILES string of the molecule is CC[SiH2]C=C(C)CC(N1CCCC1)N1CCCC1. The molecule has 104 valence electrons. The topological polar surface area (TPSA) is 6.48 Å². The first kappa shape index (κ1) is 14.3. The molecule has 18 heavy (non-hydrogen) atoms. The van der Waals surface area contributed by atoms with E-state index in [1.165, 1.54) is 64.3 Å². The molecule has 0 unspecified atom stereocenters. The molecule has 2 nitrogen and oxygen atoms in total. The standard InChI is InChI=1S/C15H30N2Si/c1-3-18-13-14(2)12-15(16-8-4-5-9-16)17-10-6-7-11-17/h13,15H,3-12,18H2,1-2H3. The Kier molecular flexibility index (Phi) is 5.92. The minimum absolute atomic E-state index is 0.0892. The van der Waals surface area contributed by atoms with Crippen molar-refractivity contribution in [2.24, 2.45) is 0 Å². The van der Waals surface area contributed by atoms with Gasteiger partial charge in [-0.2, -0.15) is 0 Å². The molecule has 2 rings (SSSR count). The molecule has 0 spiro atoms. The number of likely N-dealkylation sites (tertiary alicyclic amines) is 2. The van der Waals surface area contributed by atoms with Crippen molar-refractivity contribution < 1.29 is 0 Å². The van der Waals surface area contributed by atoms with Crippen molar-refractivity contribution in [2.45, 2.75) is 58.2 Å². The van der Waals surface area contributed by atoms with Crippen molar-refractivity contribution in [2.75, 3.05) is 26.2 Å². The van der Waals surface area contributed by atoms with Crippen LogP contribution >= 0.6 is 0 Å². The zero-order valence-corrected chi connectivity index (χ0v) is 13.7. The predicted octanol–water partition coefficient (Wildman–Crippen LogP) is 2.41. The van der Waals surface area contributed by atoms with Gasteiger partial charge in [0.1, 0.15) is 0 Å². The minimum atomic E-state index is 0.0892. The highest BCUT2D eigenvalue weighted by Gasteiger charge is 2.28. The molecule has 0 saturated carbocycles. The molecule has 3 heteroatoms. The monoisotopic (exact) mass is 266 g/mol. The van der Waals surface area contributed by atoms with Crippen LogP contribution in [0.15, 0.2) is 11.3 Å². The average molecular weight is 267 g/mol. The van der Waals surface area contributed by atoms with E-state index in [2.05, 4.69) is 29.3 Å². The van der Waals surface area contributed by atoms with Crippen molar-refractivity contribution in [3.8, 4) is 0 Å². The largest absolute Gasteiger partial charge is 0.288 e. The Bertz CT molecular complexity index is 250. The van der Waals surface area contributed by atoms with Gasteiger partial charge in [0.05, 0.1) is 6.17 Å². The molecule has 0 N–H and O–H groups in total. The molecular formula is C15H30N2Si. The number of hydrogen-bond acceptors (Lipinski definition) is 2. The Balaban J connectivity index is 1.94. The highest BCUT2D eigenvalue weighted by molar-refractivity contribution is 6.42. The van der Waals surface area contributed by atoms with Crippen molar-refractivity contribution in [3.05, 3.63) is 11.3 Å². The summed E-state index contributed by atoms with van der Waals surface area (Å²) in [5.74, 6) is 0. The van der Waals surface area contributed by atoms with E-state index in [0.717, 1.165) is 6.17 Å². The second kappa shape index (κ2) is 7.46. The van der Waals surface area contributed by atoms with Gasteiger partial charge in [-0.25, -0.2) is 0 Å². The zero-order chi connectivity index (χ0) is 12.8. The van der Waals surface area contributed by atoms with Crippen LogP contribution in [0.3, 0.4) is 0 Å². The Hall–Kier alpha value is -0.123. The number of hydrogen-bond donors (Lipinski definition) is 0. The van der Waals surface area contributed by atoms with Gasteiger partial charge in [0.15, 0.2) is 0 Å². The molecule has 2 aliphatic heterocycles. The maximum Gasteiger partial charge on any atom is 0.0660 e. The lowest BCUT2D eigenvalue weighted by molar-refractivity contribution is 0.0795. The van der Waals surface area contributed by atoms with E-state index in [0.29, 0.717) is 0 Å². The summed E-state index contributed by atoms with van der Waals surface area (Å²) in [6.07, 6.45) is 7.67. The van der Waals surface area contributed by atoms with Gasteiger partial charge in [0, 0.05) is 9.52 Å². The third-order valence-electron chi connectivity index (χ3n) is 4.41. The fourth-order valence-corrected chi connectivity index (χ4v) is 4.28. The molecule has 0 aromatic heterocycles. The summed E-state index contributed by atoms with van der Waals surface area (Å²) < 4.78 is 0. The van der Waals surface area contributed by atoms with Crippen LogP contribution < -0.4 is 0 Å². The summed E-state index contributed by atoms with van der Waals surface area (Å²) in [5.41, 5.74) is 4.26. The molecule has 0 aromatic rings. The fraction of sp³-hybridized carbons (Fsp3) is 0.867. The molecular weight excluding hydrogens is 236 g/mol. The normalized spacial score (nSPS) is 24.1. The van der Waals surface area contributed by atoms with Gasteiger partial charge in [0.25, 0.3) is 0 Å².